The van der Waals surface area contributed by atoms with Crippen molar-refractivity contribution in [3.63, 3.8) is 0 Å². The molecule has 3 heterocycles. The third-order valence-corrected chi connectivity index (χ3v) is 3.77. The van der Waals surface area contributed by atoms with Gasteiger partial charge in [-0.15, -0.1) is 0 Å². The number of nitrogens with zero attached hydrogens (tertiary/aromatic N) is 3. The van der Waals surface area contributed by atoms with E-state index in [1.165, 1.54) is 0 Å². The fourth-order valence-corrected chi connectivity index (χ4v) is 2.53. The molecule has 0 radical (unpaired) electrons. The molecule has 1 fully saturated rings. The Balaban J connectivity index is 1.60. The third-order valence-electron chi connectivity index (χ3n) is 3.77. The number of aryl methyl sites for hydroxylation is 1. The van der Waals surface area contributed by atoms with E-state index >= 15 is 0 Å². The molecule has 2 aromatic rings. The number of aromatic nitrogens is 2. The average molecular weight is 302 g/mol. The summed E-state index contributed by atoms with van der Waals surface area (Å²) in [5, 5.41) is 6.97. The molecule has 116 valence electrons. The van der Waals surface area contributed by atoms with E-state index in [-0.39, 0.29) is 24.2 Å². The summed E-state index contributed by atoms with van der Waals surface area (Å²) in [5.74, 6) is 0.176. The zero-order valence-electron chi connectivity index (χ0n) is 12.4. The van der Waals surface area contributed by atoms with Crippen LogP contribution in [0, 0.1) is 5.92 Å². The number of hydrogen-bond acceptors (Lipinski definition) is 4. The average Bonchev–Trinajstić information content (AvgIpc) is 3.24. The SMILES string of the molecule is CCn1cc(N2C[C@@H](C(=O)NCc3ccco3)CC2=O)cn1. The first-order chi connectivity index (χ1) is 10.7. The van der Waals surface area contributed by atoms with Crippen LogP contribution in [-0.2, 0) is 22.7 Å². The highest BCUT2D eigenvalue weighted by atomic mass is 16.3. The Morgan fingerprint density at radius 2 is 2.41 bits per heavy atom. The highest BCUT2D eigenvalue weighted by Crippen LogP contribution is 2.24. The maximum atomic E-state index is 12.2. The summed E-state index contributed by atoms with van der Waals surface area (Å²) >= 11 is 0. The van der Waals surface area contributed by atoms with Gasteiger partial charge < -0.3 is 14.6 Å². The summed E-state index contributed by atoms with van der Waals surface area (Å²) in [6.45, 7) is 3.45. The first-order valence-electron chi connectivity index (χ1n) is 7.30. The Bertz CT molecular complexity index is 662. The minimum Gasteiger partial charge on any atom is -0.467 e. The number of nitrogens with one attached hydrogen (secondary N) is 1. The van der Waals surface area contributed by atoms with Crippen LogP contribution in [0.15, 0.2) is 35.2 Å². The first kappa shape index (κ1) is 14.4. The second kappa shape index (κ2) is 6.05. The minimum absolute atomic E-state index is 0.0474. The zero-order chi connectivity index (χ0) is 15.5. The zero-order valence-corrected chi connectivity index (χ0v) is 12.4. The summed E-state index contributed by atoms with van der Waals surface area (Å²) < 4.78 is 6.93. The summed E-state index contributed by atoms with van der Waals surface area (Å²) in [5.41, 5.74) is 0.744. The minimum atomic E-state index is -0.340. The predicted octanol–water partition coefficient (Wildman–Crippen LogP) is 1.17. The monoisotopic (exact) mass is 302 g/mol. The van der Waals surface area contributed by atoms with Gasteiger partial charge >= 0.3 is 0 Å². The van der Waals surface area contributed by atoms with Crippen LogP contribution < -0.4 is 10.2 Å². The molecule has 1 aliphatic rings. The van der Waals surface area contributed by atoms with Gasteiger partial charge in [-0.3, -0.25) is 14.3 Å². The molecule has 3 rings (SSSR count). The van der Waals surface area contributed by atoms with Gasteiger partial charge in [0, 0.05) is 25.7 Å². The van der Waals surface area contributed by atoms with Crippen molar-refractivity contribution in [2.24, 2.45) is 5.92 Å². The van der Waals surface area contributed by atoms with E-state index in [0.29, 0.717) is 18.8 Å². The molecule has 0 unspecified atom stereocenters. The molecule has 2 amide bonds. The van der Waals surface area contributed by atoms with Gasteiger partial charge in [0.2, 0.25) is 11.8 Å². The van der Waals surface area contributed by atoms with Crippen molar-refractivity contribution in [2.75, 3.05) is 11.4 Å². The second-order valence-electron chi connectivity index (χ2n) is 5.26. The number of carbonyl (C=O) groups excluding carboxylic acids is 2. The lowest BCUT2D eigenvalue weighted by Gasteiger charge is -2.14. The van der Waals surface area contributed by atoms with Crippen LogP contribution in [0.2, 0.25) is 0 Å². The van der Waals surface area contributed by atoms with Crippen LogP contribution in [0.4, 0.5) is 5.69 Å². The van der Waals surface area contributed by atoms with Crippen LogP contribution in [0.5, 0.6) is 0 Å². The number of anilines is 1. The van der Waals surface area contributed by atoms with Crippen LogP contribution in [0.3, 0.4) is 0 Å². The van der Waals surface area contributed by atoms with Crippen molar-refractivity contribution in [3.05, 3.63) is 36.5 Å². The second-order valence-corrected chi connectivity index (χ2v) is 5.26. The molecule has 1 atom stereocenters. The predicted molar refractivity (Wildman–Crippen MR) is 78.9 cm³/mol. The maximum Gasteiger partial charge on any atom is 0.227 e. The van der Waals surface area contributed by atoms with E-state index < -0.39 is 0 Å². The van der Waals surface area contributed by atoms with Gasteiger partial charge in [0.15, 0.2) is 0 Å². The number of carbonyl (C=O) groups is 2. The molecule has 0 aliphatic carbocycles. The Morgan fingerprint density at radius 1 is 1.55 bits per heavy atom. The Morgan fingerprint density at radius 3 is 3.09 bits per heavy atom. The van der Waals surface area contributed by atoms with E-state index in [4.69, 9.17) is 4.42 Å². The number of hydrogen-bond donors (Lipinski definition) is 1. The molecule has 1 saturated heterocycles. The molecule has 1 N–H and O–H groups in total. The maximum absolute atomic E-state index is 12.2. The van der Waals surface area contributed by atoms with E-state index in [2.05, 4.69) is 10.4 Å². The van der Waals surface area contributed by atoms with Crippen molar-refractivity contribution >= 4 is 17.5 Å². The standard InChI is InChI=1S/C15H18N4O3/c1-2-18-10-12(7-17-18)19-9-11(6-14(19)20)15(21)16-8-13-4-3-5-22-13/h3-5,7,10-11H,2,6,8-9H2,1H3,(H,16,21)/t11-/m0/s1. The molecule has 22 heavy (non-hydrogen) atoms. The molecule has 2 aromatic heterocycles. The van der Waals surface area contributed by atoms with Gasteiger partial charge in [0.05, 0.1) is 30.6 Å². The molecule has 7 heteroatoms. The molecule has 0 spiro atoms. The smallest absolute Gasteiger partial charge is 0.227 e. The van der Waals surface area contributed by atoms with Crippen molar-refractivity contribution in [3.8, 4) is 0 Å². The quantitative estimate of drug-likeness (QED) is 0.899. The van der Waals surface area contributed by atoms with Crippen LogP contribution in [0.1, 0.15) is 19.1 Å². The lowest BCUT2D eigenvalue weighted by atomic mass is 10.1. The van der Waals surface area contributed by atoms with Gasteiger partial charge in [-0.25, -0.2) is 0 Å². The lowest BCUT2D eigenvalue weighted by Crippen LogP contribution is -2.32. The summed E-state index contributed by atoms with van der Waals surface area (Å²) in [4.78, 5) is 25.9. The van der Waals surface area contributed by atoms with E-state index in [0.717, 1.165) is 12.2 Å². The molecule has 7 nitrogen and oxygen atoms in total. The molecule has 0 saturated carbocycles. The Labute approximate surface area is 127 Å². The van der Waals surface area contributed by atoms with Crippen molar-refractivity contribution in [1.82, 2.24) is 15.1 Å². The topological polar surface area (TPSA) is 80.4 Å². The molecule has 0 aromatic carbocycles. The van der Waals surface area contributed by atoms with E-state index in [9.17, 15) is 9.59 Å². The fourth-order valence-electron chi connectivity index (χ4n) is 2.53. The lowest BCUT2D eigenvalue weighted by molar-refractivity contribution is -0.126. The van der Waals surface area contributed by atoms with Crippen molar-refractivity contribution in [1.29, 1.82) is 0 Å². The van der Waals surface area contributed by atoms with Crippen LogP contribution in [0.25, 0.3) is 0 Å². The van der Waals surface area contributed by atoms with Crippen LogP contribution >= 0.6 is 0 Å². The van der Waals surface area contributed by atoms with Crippen molar-refractivity contribution < 1.29 is 14.0 Å². The normalized spacial score (nSPS) is 18.0. The van der Waals surface area contributed by atoms with Gasteiger partial charge in [-0.2, -0.15) is 5.10 Å². The summed E-state index contributed by atoms with van der Waals surface area (Å²) in [6, 6.07) is 3.57. The number of furan rings is 1. The third kappa shape index (κ3) is 2.88. The fraction of sp³-hybridized carbons (Fsp3) is 0.400. The molecule has 1 aliphatic heterocycles. The highest BCUT2D eigenvalue weighted by Gasteiger charge is 2.35. The molecular formula is C15H18N4O3. The molecular weight excluding hydrogens is 284 g/mol. The highest BCUT2D eigenvalue weighted by molar-refractivity contribution is 6.00. The summed E-state index contributed by atoms with van der Waals surface area (Å²) in [7, 11) is 0. The largest absolute Gasteiger partial charge is 0.467 e. The number of rotatable bonds is 5. The van der Waals surface area contributed by atoms with Crippen molar-refractivity contribution in [2.45, 2.75) is 26.4 Å². The van der Waals surface area contributed by atoms with E-state index in [1.54, 1.807) is 34.2 Å². The number of amides is 2. The Kier molecular flexibility index (Phi) is 3.95. The molecule has 0 bridgehead atoms. The summed E-state index contributed by atoms with van der Waals surface area (Å²) in [6.07, 6.45) is 5.26. The van der Waals surface area contributed by atoms with Gasteiger partial charge in [-0.05, 0) is 19.1 Å². The van der Waals surface area contributed by atoms with Gasteiger partial charge in [-0.1, -0.05) is 0 Å². The first-order valence-corrected chi connectivity index (χ1v) is 7.30. The van der Waals surface area contributed by atoms with Gasteiger partial charge in [0.1, 0.15) is 5.76 Å². The van der Waals surface area contributed by atoms with Gasteiger partial charge in [0.25, 0.3) is 0 Å². The Hall–Kier alpha value is -2.57. The van der Waals surface area contributed by atoms with E-state index in [1.807, 2.05) is 13.1 Å². The van der Waals surface area contributed by atoms with Crippen LogP contribution in [-0.4, -0.2) is 28.1 Å².